The molecular weight excluding hydrogens is 356 g/mol. The standard InChI is InChI=1S/C16H16N6O3S/c1-24-10-4-3-9(7-11(10)25-2)20-12(23)8-26-15-13-14(19-6-5-18-13)21-16(17)22-15/h3-7H,8H2,1-2H3,(H,20,23)(H2,17,19,21,22). The second-order valence-corrected chi connectivity index (χ2v) is 5.99. The number of thioether (sulfide) groups is 1. The first-order valence-corrected chi connectivity index (χ1v) is 8.48. The van der Waals surface area contributed by atoms with Crippen LogP contribution in [-0.2, 0) is 4.79 Å². The molecule has 3 rings (SSSR count). The lowest BCUT2D eigenvalue weighted by Crippen LogP contribution is -2.14. The average Bonchev–Trinajstić information content (AvgIpc) is 2.65. The van der Waals surface area contributed by atoms with E-state index >= 15 is 0 Å². The summed E-state index contributed by atoms with van der Waals surface area (Å²) >= 11 is 1.21. The lowest BCUT2D eigenvalue weighted by atomic mass is 10.2. The number of aromatic nitrogens is 4. The molecule has 0 saturated carbocycles. The highest BCUT2D eigenvalue weighted by Crippen LogP contribution is 2.30. The third-order valence-electron chi connectivity index (χ3n) is 3.33. The van der Waals surface area contributed by atoms with Crippen molar-refractivity contribution >= 4 is 40.5 Å². The smallest absolute Gasteiger partial charge is 0.234 e. The number of rotatable bonds is 6. The van der Waals surface area contributed by atoms with Crippen LogP contribution in [0.15, 0.2) is 35.6 Å². The van der Waals surface area contributed by atoms with Crippen LogP contribution in [0.1, 0.15) is 0 Å². The number of methoxy groups -OCH3 is 2. The summed E-state index contributed by atoms with van der Waals surface area (Å²) < 4.78 is 10.4. The van der Waals surface area contributed by atoms with Gasteiger partial charge in [0.05, 0.1) is 20.0 Å². The Morgan fingerprint density at radius 2 is 1.92 bits per heavy atom. The molecule has 0 fully saturated rings. The molecule has 3 aromatic rings. The van der Waals surface area contributed by atoms with Gasteiger partial charge in [0, 0.05) is 24.1 Å². The van der Waals surface area contributed by atoms with Gasteiger partial charge in [0.25, 0.3) is 0 Å². The molecule has 2 aromatic heterocycles. The summed E-state index contributed by atoms with van der Waals surface area (Å²) in [6.07, 6.45) is 3.06. The molecule has 134 valence electrons. The SMILES string of the molecule is COc1ccc(NC(=O)CSc2nc(N)nc3nccnc23)cc1OC. The molecule has 3 N–H and O–H groups in total. The van der Waals surface area contributed by atoms with Crippen molar-refractivity contribution in [1.82, 2.24) is 19.9 Å². The molecule has 0 unspecified atom stereocenters. The fraction of sp³-hybridized carbons (Fsp3) is 0.188. The number of hydrogen-bond acceptors (Lipinski definition) is 9. The number of nitrogens with one attached hydrogen (secondary N) is 1. The Bertz CT molecular complexity index is 952. The fourth-order valence-corrected chi connectivity index (χ4v) is 2.98. The minimum Gasteiger partial charge on any atom is -0.493 e. The molecule has 10 heteroatoms. The summed E-state index contributed by atoms with van der Waals surface area (Å²) in [6, 6.07) is 5.13. The maximum Gasteiger partial charge on any atom is 0.234 e. The van der Waals surface area contributed by atoms with Gasteiger partial charge in [-0.1, -0.05) is 11.8 Å². The third kappa shape index (κ3) is 3.91. The normalized spacial score (nSPS) is 10.5. The number of nitrogen functional groups attached to an aromatic ring is 1. The summed E-state index contributed by atoms with van der Waals surface area (Å²) in [5.74, 6) is 1.11. The van der Waals surface area contributed by atoms with Crippen LogP contribution in [-0.4, -0.2) is 45.8 Å². The molecule has 1 amide bonds. The average molecular weight is 372 g/mol. The lowest BCUT2D eigenvalue weighted by Gasteiger charge is -2.10. The van der Waals surface area contributed by atoms with Crippen molar-refractivity contribution in [1.29, 1.82) is 0 Å². The topological polar surface area (TPSA) is 125 Å². The third-order valence-corrected chi connectivity index (χ3v) is 4.29. The number of anilines is 2. The molecule has 0 aliphatic rings. The number of fused-ring (bicyclic) bond motifs is 1. The minimum atomic E-state index is -0.212. The number of nitrogens with zero attached hydrogens (tertiary/aromatic N) is 4. The number of amides is 1. The van der Waals surface area contributed by atoms with E-state index in [0.717, 1.165) is 0 Å². The summed E-state index contributed by atoms with van der Waals surface area (Å²) in [5.41, 5.74) is 7.18. The molecule has 0 bridgehead atoms. The Balaban J connectivity index is 1.70. The zero-order chi connectivity index (χ0) is 18.5. The molecule has 0 radical (unpaired) electrons. The van der Waals surface area contributed by atoms with E-state index in [2.05, 4.69) is 25.3 Å². The summed E-state index contributed by atoms with van der Waals surface area (Å²) in [6.45, 7) is 0. The summed E-state index contributed by atoms with van der Waals surface area (Å²) in [7, 11) is 3.08. The van der Waals surface area contributed by atoms with Crippen LogP contribution in [0.5, 0.6) is 11.5 Å². The van der Waals surface area contributed by atoms with Gasteiger partial charge in [-0.2, -0.15) is 4.98 Å². The zero-order valence-corrected chi connectivity index (χ0v) is 14.9. The van der Waals surface area contributed by atoms with Crippen molar-refractivity contribution in [2.45, 2.75) is 5.03 Å². The maximum atomic E-state index is 12.2. The van der Waals surface area contributed by atoms with Gasteiger partial charge in [-0.3, -0.25) is 4.79 Å². The van der Waals surface area contributed by atoms with Gasteiger partial charge in [0.2, 0.25) is 11.9 Å². The molecule has 0 atom stereocenters. The zero-order valence-electron chi connectivity index (χ0n) is 14.1. The first-order valence-electron chi connectivity index (χ1n) is 7.49. The number of benzene rings is 1. The summed E-state index contributed by atoms with van der Waals surface area (Å²) in [5, 5.41) is 3.30. The first-order chi connectivity index (χ1) is 12.6. The van der Waals surface area contributed by atoms with E-state index in [1.54, 1.807) is 25.3 Å². The second-order valence-electron chi connectivity index (χ2n) is 5.02. The molecular formula is C16H16N6O3S. The van der Waals surface area contributed by atoms with Gasteiger partial charge < -0.3 is 20.5 Å². The van der Waals surface area contributed by atoms with Crippen molar-refractivity contribution in [2.75, 3.05) is 31.0 Å². The summed E-state index contributed by atoms with van der Waals surface area (Å²) in [4.78, 5) is 28.7. The van der Waals surface area contributed by atoms with Crippen LogP contribution >= 0.6 is 11.8 Å². The predicted octanol–water partition coefficient (Wildman–Crippen LogP) is 1.75. The number of ether oxygens (including phenoxy) is 2. The molecule has 0 spiro atoms. The number of carbonyl (C=O) groups is 1. The number of carbonyl (C=O) groups excluding carboxylic acids is 1. The highest BCUT2D eigenvalue weighted by atomic mass is 32.2. The quantitative estimate of drug-likeness (QED) is 0.491. The maximum absolute atomic E-state index is 12.2. The molecule has 0 saturated heterocycles. The predicted molar refractivity (Wildman–Crippen MR) is 98.4 cm³/mol. The molecule has 0 aliphatic heterocycles. The van der Waals surface area contributed by atoms with E-state index in [4.69, 9.17) is 15.2 Å². The Hall–Kier alpha value is -3.14. The molecule has 26 heavy (non-hydrogen) atoms. The van der Waals surface area contributed by atoms with Crippen LogP contribution in [0.2, 0.25) is 0 Å². The van der Waals surface area contributed by atoms with Gasteiger partial charge in [0.15, 0.2) is 17.1 Å². The van der Waals surface area contributed by atoms with Gasteiger partial charge in [-0.15, -0.1) is 0 Å². The van der Waals surface area contributed by atoms with E-state index in [9.17, 15) is 4.79 Å². The fourth-order valence-electron chi connectivity index (χ4n) is 2.20. The number of hydrogen-bond donors (Lipinski definition) is 2. The van der Waals surface area contributed by atoms with Crippen molar-refractivity contribution in [2.24, 2.45) is 0 Å². The van der Waals surface area contributed by atoms with Crippen molar-refractivity contribution in [3.63, 3.8) is 0 Å². The van der Waals surface area contributed by atoms with Crippen LogP contribution in [0.25, 0.3) is 11.2 Å². The van der Waals surface area contributed by atoms with Crippen LogP contribution in [0.3, 0.4) is 0 Å². The van der Waals surface area contributed by atoms with Gasteiger partial charge >= 0.3 is 0 Å². The van der Waals surface area contributed by atoms with Gasteiger partial charge in [-0.05, 0) is 12.1 Å². The largest absolute Gasteiger partial charge is 0.493 e. The molecule has 9 nitrogen and oxygen atoms in total. The molecule has 1 aromatic carbocycles. The Kier molecular flexibility index (Phi) is 5.32. The minimum absolute atomic E-state index is 0.0841. The monoisotopic (exact) mass is 372 g/mol. The Labute approximate surface area is 153 Å². The Morgan fingerprint density at radius 3 is 2.69 bits per heavy atom. The second kappa shape index (κ2) is 7.83. The van der Waals surface area contributed by atoms with E-state index in [-0.39, 0.29) is 17.6 Å². The van der Waals surface area contributed by atoms with Crippen LogP contribution in [0.4, 0.5) is 11.6 Å². The molecule has 2 heterocycles. The van der Waals surface area contributed by atoms with E-state index in [1.807, 2.05) is 0 Å². The van der Waals surface area contributed by atoms with Gasteiger partial charge in [0.1, 0.15) is 10.5 Å². The van der Waals surface area contributed by atoms with Crippen molar-refractivity contribution in [3.05, 3.63) is 30.6 Å². The first kappa shape index (κ1) is 17.7. The highest BCUT2D eigenvalue weighted by molar-refractivity contribution is 8.00. The molecule has 0 aliphatic carbocycles. The lowest BCUT2D eigenvalue weighted by molar-refractivity contribution is -0.113. The van der Waals surface area contributed by atoms with Crippen molar-refractivity contribution in [3.8, 4) is 11.5 Å². The van der Waals surface area contributed by atoms with Crippen molar-refractivity contribution < 1.29 is 14.3 Å². The van der Waals surface area contributed by atoms with E-state index in [0.29, 0.717) is 33.4 Å². The number of nitrogens with two attached hydrogens (primary N) is 1. The van der Waals surface area contributed by atoms with Crippen LogP contribution in [0, 0.1) is 0 Å². The van der Waals surface area contributed by atoms with E-state index in [1.165, 1.54) is 31.3 Å². The Morgan fingerprint density at radius 1 is 1.15 bits per heavy atom. The van der Waals surface area contributed by atoms with Crippen LogP contribution < -0.4 is 20.5 Å². The van der Waals surface area contributed by atoms with Gasteiger partial charge in [-0.25, -0.2) is 15.0 Å². The van der Waals surface area contributed by atoms with E-state index < -0.39 is 0 Å². The highest BCUT2D eigenvalue weighted by Gasteiger charge is 2.12.